The molecule has 142 valence electrons. The average Bonchev–Trinajstić information content (AvgIpc) is 2.61. The second-order valence-electron chi connectivity index (χ2n) is 6.17. The van der Waals surface area contributed by atoms with E-state index in [9.17, 15) is 0 Å². The van der Waals surface area contributed by atoms with Crippen LogP contribution < -0.4 is 19.9 Å². The van der Waals surface area contributed by atoms with Gasteiger partial charge >= 0.3 is 0 Å². The Kier molecular flexibility index (Phi) is 9.16. The second kappa shape index (κ2) is 10.6. The first kappa shape index (κ1) is 21.7. The molecule has 7 heteroatoms. The van der Waals surface area contributed by atoms with Crippen molar-refractivity contribution in [2.75, 3.05) is 41.0 Å². The van der Waals surface area contributed by atoms with Crippen LogP contribution in [0.3, 0.4) is 0 Å². The molecule has 6 nitrogen and oxygen atoms in total. The Bertz CT molecular complexity index is 548. The number of nitrogens with two attached hydrogens (primary N) is 1. The molecule has 0 atom stereocenters. The predicted octanol–water partition coefficient (Wildman–Crippen LogP) is 2.92. The van der Waals surface area contributed by atoms with Crippen LogP contribution in [0.4, 0.5) is 0 Å². The average molecular weight is 463 g/mol. The van der Waals surface area contributed by atoms with E-state index in [1.165, 1.54) is 12.8 Å². The molecular formula is C18H30IN3O3. The summed E-state index contributed by atoms with van der Waals surface area (Å²) in [5, 5.41) is 0. The lowest BCUT2D eigenvalue weighted by Crippen LogP contribution is -2.42. The molecule has 0 radical (unpaired) electrons. The van der Waals surface area contributed by atoms with Crippen molar-refractivity contribution in [3.05, 3.63) is 17.7 Å². The smallest absolute Gasteiger partial charge is 0.191 e. The number of piperidine rings is 1. The summed E-state index contributed by atoms with van der Waals surface area (Å²) < 4.78 is 16.2. The Morgan fingerprint density at radius 1 is 1.12 bits per heavy atom. The van der Waals surface area contributed by atoms with Crippen LogP contribution in [0.1, 0.15) is 25.3 Å². The van der Waals surface area contributed by atoms with Gasteiger partial charge in [0.1, 0.15) is 17.2 Å². The highest BCUT2D eigenvalue weighted by Gasteiger charge is 2.17. The summed E-state index contributed by atoms with van der Waals surface area (Å²) in [4.78, 5) is 6.71. The van der Waals surface area contributed by atoms with Crippen molar-refractivity contribution in [3.63, 3.8) is 0 Å². The van der Waals surface area contributed by atoms with Crippen LogP contribution in [0.5, 0.6) is 17.2 Å². The Morgan fingerprint density at radius 2 is 1.68 bits per heavy atom. The zero-order chi connectivity index (χ0) is 17.5. The number of halogens is 1. The molecule has 25 heavy (non-hydrogen) atoms. The SMILES string of the molecule is COc1cc(OC)c(CCN=C(N)N2CCC(C)CC2)c(OC)c1.I. The summed E-state index contributed by atoms with van der Waals surface area (Å²) in [5.41, 5.74) is 7.11. The molecule has 1 aliphatic heterocycles. The van der Waals surface area contributed by atoms with Crippen molar-refractivity contribution in [1.29, 1.82) is 0 Å². The summed E-state index contributed by atoms with van der Waals surface area (Å²) in [6.07, 6.45) is 3.05. The summed E-state index contributed by atoms with van der Waals surface area (Å²) >= 11 is 0. The van der Waals surface area contributed by atoms with Crippen molar-refractivity contribution in [1.82, 2.24) is 4.90 Å². The van der Waals surface area contributed by atoms with Gasteiger partial charge < -0.3 is 24.8 Å². The van der Waals surface area contributed by atoms with Gasteiger partial charge in [-0.15, -0.1) is 24.0 Å². The van der Waals surface area contributed by atoms with Crippen molar-refractivity contribution in [2.45, 2.75) is 26.2 Å². The molecule has 1 aromatic rings. The largest absolute Gasteiger partial charge is 0.496 e. The fourth-order valence-corrected chi connectivity index (χ4v) is 2.94. The monoisotopic (exact) mass is 463 g/mol. The van der Waals surface area contributed by atoms with Crippen molar-refractivity contribution < 1.29 is 14.2 Å². The minimum Gasteiger partial charge on any atom is -0.496 e. The van der Waals surface area contributed by atoms with E-state index in [4.69, 9.17) is 19.9 Å². The standard InChI is InChI=1S/C18H29N3O3.HI/c1-13-6-9-21(10-7-13)18(19)20-8-5-15-16(23-3)11-14(22-2)12-17(15)24-4;/h11-13H,5-10H2,1-4H3,(H2,19,20);1H. The molecule has 1 aliphatic rings. The molecule has 1 saturated heterocycles. The van der Waals surface area contributed by atoms with Gasteiger partial charge in [-0.3, -0.25) is 4.99 Å². The topological polar surface area (TPSA) is 69.3 Å². The molecule has 1 fully saturated rings. The van der Waals surface area contributed by atoms with Gasteiger partial charge in [0.25, 0.3) is 0 Å². The number of aliphatic imine (C=N–C) groups is 1. The fraction of sp³-hybridized carbons (Fsp3) is 0.611. The number of likely N-dealkylation sites (tertiary alicyclic amines) is 1. The predicted molar refractivity (Wildman–Crippen MR) is 112 cm³/mol. The summed E-state index contributed by atoms with van der Waals surface area (Å²) in [5.74, 6) is 3.60. The van der Waals surface area contributed by atoms with E-state index >= 15 is 0 Å². The highest BCUT2D eigenvalue weighted by atomic mass is 127. The lowest BCUT2D eigenvalue weighted by atomic mass is 10.00. The Morgan fingerprint density at radius 3 is 2.16 bits per heavy atom. The van der Waals surface area contributed by atoms with Gasteiger partial charge in [0.05, 0.1) is 21.3 Å². The molecule has 2 N–H and O–H groups in total. The van der Waals surface area contributed by atoms with Gasteiger partial charge in [0.2, 0.25) is 0 Å². The molecule has 0 unspecified atom stereocenters. The third-order valence-electron chi connectivity index (χ3n) is 4.56. The molecule has 0 aliphatic carbocycles. The molecule has 0 amide bonds. The molecule has 0 aromatic heterocycles. The third kappa shape index (κ3) is 5.83. The van der Waals surface area contributed by atoms with Gasteiger partial charge in [-0.25, -0.2) is 0 Å². The van der Waals surface area contributed by atoms with E-state index in [0.717, 1.165) is 36.1 Å². The fourth-order valence-electron chi connectivity index (χ4n) is 2.94. The summed E-state index contributed by atoms with van der Waals surface area (Å²) in [6, 6.07) is 3.72. The Hall–Kier alpha value is -1.38. The number of guanidine groups is 1. The molecule has 1 heterocycles. The third-order valence-corrected chi connectivity index (χ3v) is 4.56. The van der Waals surface area contributed by atoms with Crippen LogP contribution in [0.15, 0.2) is 17.1 Å². The summed E-state index contributed by atoms with van der Waals surface area (Å²) in [6.45, 7) is 4.86. The maximum absolute atomic E-state index is 6.14. The van der Waals surface area contributed by atoms with Crippen molar-refractivity contribution in [2.24, 2.45) is 16.6 Å². The maximum Gasteiger partial charge on any atom is 0.191 e. The van der Waals surface area contributed by atoms with Crippen LogP contribution in [0.2, 0.25) is 0 Å². The molecule has 0 bridgehead atoms. The first-order valence-electron chi connectivity index (χ1n) is 8.42. The molecule has 2 rings (SSSR count). The quantitative estimate of drug-likeness (QED) is 0.399. The lowest BCUT2D eigenvalue weighted by Gasteiger charge is -2.31. The minimum absolute atomic E-state index is 0. The zero-order valence-electron chi connectivity index (χ0n) is 15.6. The summed E-state index contributed by atoms with van der Waals surface area (Å²) in [7, 11) is 4.91. The van der Waals surface area contributed by atoms with Gasteiger partial charge in [-0.1, -0.05) is 6.92 Å². The van der Waals surface area contributed by atoms with E-state index in [2.05, 4.69) is 16.8 Å². The normalized spacial score (nSPS) is 15.5. The van der Waals surface area contributed by atoms with E-state index in [0.29, 0.717) is 24.7 Å². The lowest BCUT2D eigenvalue weighted by molar-refractivity contribution is 0.277. The molecule has 1 aromatic carbocycles. The van der Waals surface area contributed by atoms with Crippen LogP contribution in [0.25, 0.3) is 0 Å². The highest BCUT2D eigenvalue weighted by Crippen LogP contribution is 2.34. The Labute approximate surface area is 167 Å². The number of benzene rings is 1. The Balaban J connectivity index is 0.00000312. The second-order valence-corrected chi connectivity index (χ2v) is 6.17. The van der Waals surface area contributed by atoms with E-state index < -0.39 is 0 Å². The first-order valence-corrected chi connectivity index (χ1v) is 8.42. The van der Waals surface area contributed by atoms with Gasteiger partial charge in [-0.05, 0) is 25.2 Å². The van der Waals surface area contributed by atoms with Gasteiger partial charge in [0, 0.05) is 37.3 Å². The van der Waals surface area contributed by atoms with Crippen LogP contribution in [0, 0.1) is 5.92 Å². The number of rotatable bonds is 6. The molecular weight excluding hydrogens is 433 g/mol. The van der Waals surface area contributed by atoms with Gasteiger partial charge in [-0.2, -0.15) is 0 Å². The van der Waals surface area contributed by atoms with Crippen LogP contribution in [-0.4, -0.2) is 51.8 Å². The van der Waals surface area contributed by atoms with E-state index in [-0.39, 0.29) is 24.0 Å². The maximum atomic E-state index is 6.14. The van der Waals surface area contributed by atoms with Crippen LogP contribution >= 0.6 is 24.0 Å². The van der Waals surface area contributed by atoms with E-state index in [1.807, 2.05) is 12.1 Å². The molecule has 0 saturated carbocycles. The number of methoxy groups -OCH3 is 3. The molecule has 0 spiro atoms. The number of hydrogen-bond acceptors (Lipinski definition) is 4. The highest BCUT2D eigenvalue weighted by molar-refractivity contribution is 14.0. The van der Waals surface area contributed by atoms with E-state index in [1.54, 1.807) is 21.3 Å². The number of nitrogens with zero attached hydrogens (tertiary/aromatic N) is 2. The first-order chi connectivity index (χ1) is 11.6. The van der Waals surface area contributed by atoms with Gasteiger partial charge in [0.15, 0.2) is 5.96 Å². The number of ether oxygens (including phenoxy) is 3. The zero-order valence-corrected chi connectivity index (χ0v) is 17.9. The minimum atomic E-state index is 0. The van der Waals surface area contributed by atoms with Crippen molar-refractivity contribution in [3.8, 4) is 17.2 Å². The number of hydrogen-bond donors (Lipinski definition) is 1. The van der Waals surface area contributed by atoms with Crippen LogP contribution in [-0.2, 0) is 6.42 Å². The van der Waals surface area contributed by atoms with Crippen molar-refractivity contribution >= 4 is 29.9 Å².